The van der Waals surface area contributed by atoms with E-state index in [0.29, 0.717) is 10.9 Å². The number of ether oxygens (including phenoxy) is 1. The third-order valence-electron chi connectivity index (χ3n) is 1.89. The van der Waals surface area contributed by atoms with Gasteiger partial charge in [-0.05, 0) is 25.0 Å². The second kappa shape index (κ2) is 5.65. The molecule has 0 saturated carbocycles. The summed E-state index contributed by atoms with van der Waals surface area (Å²) < 4.78 is 4.58. The molecule has 0 aliphatic rings. The second-order valence-corrected chi connectivity index (χ2v) is 4.65. The second-order valence-electron chi connectivity index (χ2n) is 3.53. The number of hydrogen-bond donors (Lipinski definition) is 1. The largest absolute Gasteiger partial charge is 0.459 e. The first kappa shape index (κ1) is 12.7. The quantitative estimate of drug-likeness (QED) is 0.653. The predicted molar refractivity (Wildman–Crippen MR) is 63.7 cm³/mol. The first-order valence-electron chi connectivity index (χ1n) is 5.12. The Morgan fingerprint density at radius 2 is 2.12 bits per heavy atom. The van der Waals surface area contributed by atoms with E-state index in [2.05, 4.69) is 23.9 Å². The highest BCUT2D eigenvalue weighted by Gasteiger charge is 2.15. The molecule has 1 rings (SSSR count). The van der Waals surface area contributed by atoms with Crippen molar-refractivity contribution in [3.05, 3.63) is 17.0 Å². The minimum absolute atomic E-state index is 0.202. The Morgan fingerprint density at radius 1 is 1.44 bits per heavy atom. The molecular weight excluding hydrogens is 226 g/mol. The molecule has 1 aromatic rings. The van der Waals surface area contributed by atoms with Gasteiger partial charge in [-0.3, -0.25) is 4.79 Å². The van der Waals surface area contributed by atoms with Crippen molar-refractivity contribution in [2.75, 3.05) is 11.9 Å². The van der Waals surface area contributed by atoms with E-state index >= 15 is 0 Å². The molecular formula is C11H15NO3S. The van der Waals surface area contributed by atoms with E-state index in [0.717, 1.165) is 0 Å². The van der Waals surface area contributed by atoms with Gasteiger partial charge in [0.05, 0.1) is 11.6 Å². The van der Waals surface area contributed by atoms with E-state index in [9.17, 15) is 9.59 Å². The topological polar surface area (TPSA) is 55.4 Å². The number of carbonyl (C=O) groups excluding carboxylic acids is 2. The molecule has 0 spiro atoms. The molecule has 0 aromatic carbocycles. The molecule has 0 radical (unpaired) electrons. The molecule has 0 bridgehead atoms. The third-order valence-corrected chi connectivity index (χ3v) is 3.19. The smallest absolute Gasteiger partial charge is 0.397 e. The van der Waals surface area contributed by atoms with Crippen molar-refractivity contribution < 1.29 is 14.3 Å². The first-order valence-corrected chi connectivity index (χ1v) is 5.94. The van der Waals surface area contributed by atoms with Crippen molar-refractivity contribution >= 4 is 28.2 Å². The van der Waals surface area contributed by atoms with E-state index < -0.39 is 11.9 Å². The van der Waals surface area contributed by atoms with Crippen LogP contribution in [0, 0.1) is 0 Å². The molecule has 4 nitrogen and oxygen atoms in total. The Hall–Kier alpha value is -1.36. The lowest BCUT2D eigenvalue weighted by molar-refractivity contribution is -0.152. The van der Waals surface area contributed by atoms with Gasteiger partial charge in [-0.15, -0.1) is 11.3 Å². The lowest BCUT2D eigenvalue weighted by Gasteiger charge is -2.02. The van der Waals surface area contributed by atoms with Gasteiger partial charge in [-0.1, -0.05) is 13.8 Å². The fraction of sp³-hybridized carbons (Fsp3) is 0.455. The van der Waals surface area contributed by atoms with Crippen LogP contribution in [0.5, 0.6) is 0 Å². The van der Waals surface area contributed by atoms with Crippen LogP contribution in [0.1, 0.15) is 31.6 Å². The van der Waals surface area contributed by atoms with Crippen molar-refractivity contribution in [3.8, 4) is 0 Å². The Bertz CT molecular complexity index is 384. The highest BCUT2D eigenvalue weighted by Crippen LogP contribution is 2.27. The zero-order valence-corrected chi connectivity index (χ0v) is 10.4. The lowest BCUT2D eigenvalue weighted by atomic mass is 10.2. The first-order chi connectivity index (χ1) is 7.54. The zero-order chi connectivity index (χ0) is 12.1. The number of nitrogens with one attached hydrogen (secondary N) is 1. The molecule has 5 heteroatoms. The number of hydrogen-bond acceptors (Lipinski definition) is 4. The van der Waals surface area contributed by atoms with Crippen LogP contribution in [-0.4, -0.2) is 18.5 Å². The number of anilines is 1. The molecule has 1 amide bonds. The maximum Gasteiger partial charge on any atom is 0.397 e. The van der Waals surface area contributed by atoms with Crippen molar-refractivity contribution in [1.82, 2.24) is 0 Å². The van der Waals surface area contributed by atoms with Gasteiger partial charge in [0.25, 0.3) is 0 Å². The zero-order valence-electron chi connectivity index (χ0n) is 9.57. The molecule has 0 atom stereocenters. The summed E-state index contributed by atoms with van der Waals surface area (Å²) in [4.78, 5) is 23.5. The molecule has 0 aliphatic carbocycles. The lowest BCUT2D eigenvalue weighted by Crippen LogP contribution is -2.24. The van der Waals surface area contributed by atoms with E-state index in [1.165, 1.54) is 16.2 Å². The number of esters is 1. The van der Waals surface area contributed by atoms with Crippen LogP contribution >= 0.6 is 11.3 Å². The fourth-order valence-electron chi connectivity index (χ4n) is 1.09. The van der Waals surface area contributed by atoms with Gasteiger partial charge in [-0.2, -0.15) is 0 Å². The number of rotatable bonds is 3. The number of amides is 1. The highest BCUT2D eigenvalue weighted by molar-refractivity contribution is 7.16. The minimum Gasteiger partial charge on any atom is -0.459 e. The highest BCUT2D eigenvalue weighted by atomic mass is 32.1. The van der Waals surface area contributed by atoms with Crippen molar-refractivity contribution in [3.63, 3.8) is 0 Å². The van der Waals surface area contributed by atoms with Crippen LogP contribution in [-0.2, 0) is 14.3 Å². The van der Waals surface area contributed by atoms with Gasteiger partial charge >= 0.3 is 11.9 Å². The van der Waals surface area contributed by atoms with Gasteiger partial charge in [0.2, 0.25) is 0 Å². The van der Waals surface area contributed by atoms with Crippen LogP contribution in [0.2, 0.25) is 0 Å². The standard InChI is InChI=1S/C11H15NO3S/c1-4-15-11(14)10(13)12-9-6-5-8(16-9)7(2)3/h5-7H,4H2,1-3H3,(H,12,13). The summed E-state index contributed by atoms with van der Waals surface area (Å²) in [5, 5.41) is 3.18. The summed E-state index contributed by atoms with van der Waals surface area (Å²) in [6.45, 7) is 6.01. The van der Waals surface area contributed by atoms with Gasteiger partial charge < -0.3 is 10.1 Å². The van der Waals surface area contributed by atoms with Crippen LogP contribution in [0.25, 0.3) is 0 Å². The molecule has 0 aliphatic heterocycles. The van der Waals surface area contributed by atoms with Gasteiger partial charge in [-0.25, -0.2) is 4.79 Å². The average Bonchev–Trinajstić information content (AvgIpc) is 2.66. The SMILES string of the molecule is CCOC(=O)C(=O)Nc1ccc(C(C)C)s1. The Morgan fingerprint density at radius 3 is 2.62 bits per heavy atom. The molecule has 1 aromatic heterocycles. The summed E-state index contributed by atoms with van der Waals surface area (Å²) in [5.41, 5.74) is 0. The third kappa shape index (κ3) is 3.34. The summed E-state index contributed by atoms with van der Waals surface area (Å²) in [5.74, 6) is -1.15. The molecule has 1 N–H and O–H groups in total. The van der Waals surface area contributed by atoms with E-state index in [-0.39, 0.29) is 6.61 Å². The molecule has 0 fully saturated rings. The number of carbonyl (C=O) groups is 2. The molecule has 0 saturated heterocycles. The van der Waals surface area contributed by atoms with Crippen molar-refractivity contribution in [1.29, 1.82) is 0 Å². The summed E-state index contributed by atoms with van der Waals surface area (Å²) in [6.07, 6.45) is 0. The summed E-state index contributed by atoms with van der Waals surface area (Å²) in [7, 11) is 0. The summed E-state index contributed by atoms with van der Waals surface area (Å²) >= 11 is 1.47. The van der Waals surface area contributed by atoms with Gasteiger partial charge in [0, 0.05) is 4.88 Å². The maximum atomic E-state index is 11.3. The maximum absolute atomic E-state index is 11.3. The van der Waals surface area contributed by atoms with Gasteiger partial charge in [0.15, 0.2) is 0 Å². The van der Waals surface area contributed by atoms with Crippen LogP contribution in [0.3, 0.4) is 0 Å². The molecule has 1 heterocycles. The van der Waals surface area contributed by atoms with E-state index in [1.807, 2.05) is 6.07 Å². The Labute approximate surface area is 98.6 Å². The molecule has 0 unspecified atom stereocenters. The van der Waals surface area contributed by atoms with E-state index in [4.69, 9.17) is 0 Å². The fourth-order valence-corrected chi connectivity index (χ4v) is 2.00. The predicted octanol–water partition coefficient (Wildman–Crippen LogP) is 2.37. The molecule has 88 valence electrons. The van der Waals surface area contributed by atoms with Crippen LogP contribution in [0.4, 0.5) is 5.00 Å². The number of thiophene rings is 1. The van der Waals surface area contributed by atoms with Crippen LogP contribution < -0.4 is 5.32 Å². The van der Waals surface area contributed by atoms with Crippen molar-refractivity contribution in [2.24, 2.45) is 0 Å². The molecule has 16 heavy (non-hydrogen) atoms. The van der Waals surface area contributed by atoms with Crippen LogP contribution in [0.15, 0.2) is 12.1 Å². The average molecular weight is 241 g/mol. The summed E-state index contributed by atoms with van der Waals surface area (Å²) in [6, 6.07) is 3.73. The Kier molecular flexibility index (Phi) is 4.49. The monoisotopic (exact) mass is 241 g/mol. The van der Waals surface area contributed by atoms with Crippen molar-refractivity contribution in [2.45, 2.75) is 26.7 Å². The van der Waals surface area contributed by atoms with Gasteiger partial charge in [0.1, 0.15) is 0 Å². The normalized spacial score (nSPS) is 10.2. The van der Waals surface area contributed by atoms with E-state index in [1.54, 1.807) is 13.0 Å². The Balaban J connectivity index is 2.59. The minimum atomic E-state index is -0.845.